The Balaban J connectivity index is 1.89. The summed E-state index contributed by atoms with van der Waals surface area (Å²) in [6, 6.07) is 3.76. The highest BCUT2D eigenvalue weighted by Gasteiger charge is 2.16. The van der Waals surface area contributed by atoms with Gasteiger partial charge in [0, 0.05) is 19.5 Å². The zero-order chi connectivity index (χ0) is 17.0. The van der Waals surface area contributed by atoms with E-state index in [9.17, 15) is 9.18 Å². The fraction of sp³-hybridized carbons (Fsp3) is 0.333. The van der Waals surface area contributed by atoms with Gasteiger partial charge < -0.3 is 15.0 Å². The van der Waals surface area contributed by atoms with E-state index in [2.05, 4.69) is 10.3 Å². The van der Waals surface area contributed by atoms with Crippen LogP contribution in [0.5, 0.6) is 5.75 Å². The molecule has 0 fully saturated rings. The number of thiazole rings is 1. The van der Waals surface area contributed by atoms with Crippen LogP contribution in [-0.2, 0) is 11.3 Å². The summed E-state index contributed by atoms with van der Waals surface area (Å²) < 4.78 is 18.4. The molecule has 0 unspecified atom stereocenters. The average molecular weight is 358 g/mol. The summed E-state index contributed by atoms with van der Waals surface area (Å²) in [7, 11) is 3.81. The molecule has 0 saturated heterocycles. The Kier molecular flexibility index (Phi) is 5.79. The zero-order valence-corrected chi connectivity index (χ0v) is 14.5. The number of carbonyl (C=O) groups excluding carboxylic acids is 1. The van der Waals surface area contributed by atoms with Crippen molar-refractivity contribution in [3.63, 3.8) is 0 Å². The highest BCUT2D eigenvalue weighted by Crippen LogP contribution is 2.25. The maximum absolute atomic E-state index is 13.0. The lowest BCUT2D eigenvalue weighted by atomic mass is 10.3. The van der Waals surface area contributed by atoms with Crippen LogP contribution >= 0.6 is 22.9 Å². The van der Waals surface area contributed by atoms with Crippen molar-refractivity contribution in [3.05, 3.63) is 40.1 Å². The first-order chi connectivity index (χ1) is 10.9. The Labute approximate surface area is 143 Å². The molecule has 1 aromatic heterocycles. The number of nitrogens with one attached hydrogen (secondary N) is 1. The summed E-state index contributed by atoms with van der Waals surface area (Å²) in [5, 5.41) is 5.63. The molecule has 2 aromatic rings. The minimum Gasteiger partial charge on any atom is -0.479 e. The van der Waals surface area contributed by atoms with Gasteiger partial charge in [0.05, 0.1) is 17.3 Å². The van der Waals surface area contributed by atoms with E-state index in [-0.39, 0.29) is 16.7 Å². The summed E-state index contributed by atoms with van der Waals surface area (Å²) in [6.45, 7) is 1.91. The summed E-state index contributed by atoms with van der Waals surface area (Å²) in [6.07, 6.45) is -0.759. The second-order valence-corrected chi connectivity index (χ2v) is 6.31. The van der Waals surface area contributed by atoms with E-state index >= 15 is 0 Å². The Hall–Kier alpha value is -1.86. The minimum atomic E-state index is -0.759. The highest BCUT2D eigenvalue weighted by atomic mass is 35.5. The molecule has 5 nitrogen and oxygen atoms in total. The van der Waals surface area contributed by atoms with Crippen LogP contribution in [0.2, 0.25) is 5.02 Å². The molecule has 0 spiro atoms. The molecule has 0 aliphatic carbocycles. The molecule has 0 aliphatic rings. The van der Waals surface area contributed by atoms with Crippen molar-refractivity contribution in [2.45, 2.75) is 19.6 Å². The van der Waals surface area contributed by atoms with Crippen LogP contribution in [0.1, 0.15) is 12.6 Å². The second kappa shape index (κ2) is 7.61. The predicted molar refractivity (Wildman–Crippen MR) is 89.8 cm³/mol. The van der Waals surface area contributed by atoms with Crippen molar-refractivity contribution in [3.8, 4) is 5.75 Å². The maximum Gasteiger partial charge on any atom is 0.261 e. The van der Waals surface area contributed by atoms with Gasteiger partial charge in [0.25, 0.3) is 5.91 Å². The number of benzene rings is 1. The Morgan fingerprint density at radius 2 is 2.26 bits per heavy atom. The van der Waals surface area contributed by atoms with Gasteiger partial charge in [0.15, 0.2) is 11.2 Å². The lowest BCUT2D eigenvalue weighted by Crippen LogP contribution is -2.36. The van der Waals surface area contributed by atoms with Crippen LogP contribution in [0.15, 0.2) is 23.6 Å². The summed E-state index contributed by atoms with van der Waals surface area (Å²) in [4.78, 5) is 18.3. The molecule has 8 heteroatoms. The largest absolute Gasteiger partial charge is 0.479 e. The smallest absolute Gasteiger partial charge is 0.261 e. The van der Waals surface area contributed by atoms with Crippen molar-refractivity contribution < 1.29 is 13.9 Å². The van der Waals surface area contributed by atoms with Gasteiger partial charge in [-0.25, -0.2) is 9.37 Å². The summed E-state index contributed by atoms with van der Waals surface area (Å²) in [5.41, 5.74) is 0.777. The summed E-state index contributed by atoms with van der Waals surface area (Å²) >= 11 is 7.38. The molecule has 1 aromatic carbocycles. The zero-order valence-electron chi connectivity index (χ0n) is 13.0. The number of rotatable bonds is 6. The Morgan fingerprint density at radius 3 is 2.87 bits per heavy atom. The van der Waals surface area contributed by atoms with Crippen molar-refractivity contribution in [2.24, 2.45) is 0 Å². The molecule has 1 atom stereocenters. The minimum absolute atomic E-state index is 0.125. The number of aromatic nitrogens is 1. The molecule has 124 valence electrons. The van der Waals surface area contributed by atoms with E-state index < -0.39 is 11.9 Å². The van der Waals surface area contributed by atoms with Gasteiger partial charge >= 0.3 is 0 Å². The van der Waals surface area contributed by atoms with Gasteiger partial charge in [-0.1, -0.05) is 11.6 Å². The van der Waals surface area contributed by atoms with Crippen LogP contribution in [0, 0.1) is 5.82 Å². The van der Waals surface area contributed by atoms with Crippen molar-refractivity contribution in [2.75, 3.05) is 19.0 Å². The third-order valence-electron chi connectivity index (χ3n) is 2.93. The number of amides is 1. The molecular formula is C15H17ClFN3O2S. The number of hydrogen-bond acceptors (Lipinski definition) is 5. The van der Waals surface area contributed by atoms with Crippen LogP contribution in [0.3, 0.4) is 0 Å². The van der Waals surface area contributed by atoms with Crippen molar-refractivity contribution >= 4 is 34.0 Å². The summed E-state index contributed by atoms with van der Waals surface area (Å²) in [5.74, 6) is -0.497. The van der Waals surface area contributed by atoms with Crippen molar-refractivity contribution in [1.29, 1.82) is 0 Å². The van der Waals surface area contributed by atoms with Crippen LogP contribution in [-0.4, -0.2) is 31.1 Å². The van der Waals surface area contributed by atoms with Gasteiger partial charge in [0.2, 0.25) is 0 Å². The molecule has 0 aliphatic heterocycles. The fourth-order valence-electron chi connectivity index (χ4n) is 1.72. The molecule has 23 heavy (non-hydrogen) atoms. The topological polar surface area (TPSA) is 54.5 Å². The van der Waals surface area contributed by atoms with Crippen LogP contribution in [0.4, 0.5) is 9.52 Å². The number of ether oxygens (including phenoxy) is 1. The third kappa shape index (κ3) is 4.80. The van der Waals surface area contributed by atoms with Crippen LogP contribution in [0.25, 0.3) is 0 Å². The quantitative estimate of drug-likeness (QED) is 0.863. The Bertz CT molecular complexity index is 693. The predicted octanol–water partition coefficient (Wildman–Crippen LogP) is 3.09. The van der Waals surface area contributed by atoms with E-state index in [0.717, 1.165) is 16.9 Å². The normalized spacial score (nSPS) is 11.9. The van der Waals surface area contributed by atoms with Gasteiger partial charge in [-0.3, -0.25) is 4.79 Å². The standard InChI is InChI=1S/C15H17ClFN3O2S/c1-9(22-13-5-4-10(17)6-12(13)16)14(21)18-7-11-8-23-15(19-11)20(2)3/h4-6,8-9H,7H2,1-3H3,(H,18,21)/t9-/m0/s1. The van der Waals surface area contributed by atoms with Crippen molar-refractivity contribution in [1.82, 2.24) is 10.3 Å². The first-order valence-electron chi connectivity index (χ1n) is 6.88. The molecule has 2 rings (SSSR count). The molecule has 0 bridgehead atoms. The van der Waals surface area contributed by atoms with Gasteiger partial charge in [-0.2, -0.15) is 0 Å². The maximum atomic E-state index is 13.0. The fourth-order valence-corrected chi connectivity index (χ4v) is 2.69. The van der Waals surface area contributed by atoms with E-state index in [0.29, 0.717) is 6.54 Å². The number of hydrogen-bond donors (Lipinski definition) is 1. The first kappa shape index (κ1) is 17.5. The number of anilines is 1. The number of nitrogens with zero attached hydrogens (tertiary/aromatic N) is 2. The van der Waals surface area contributed by atoms with E-state index in [1.54, 1.807) is 6.92 Å². The third-order valence-corrected chi connectivity index (χ3v) is 4.29. The Morgan fingerprint density at radius 1 is 1.52 bits per heavy atom. The molecule has 1 N–H and O–H groups in total. The number of halogens is 2. The van der Waals surface area contributed by atoms with E-state index in [4.69, 9.17) is 16.3 Å². The monoisotopic (exact) mass is 357 g/mol. The SMILES string of the molecule is C[C@H](Oc1ccc(F)cc1Cl)C(=O)NCc1csc(N(C)C)n1. The lowest BCUT2D eigenvalue weighted by molar-refractivity contribution is -0.127. The molecule has 1 amide bonds. The van der Waals surface area contributed by atoms with Gasteiger partial charge in [-0.15, -0.1) is 11.3 Å². The van der Waals surface area contributed by atoms with E-state index in [1.165, 1.54) is 23.5 Å². The van der Waals surface area contributed by atoms with Gasteiger partial charge in [0.1, 0.15) is 11.6 Å². The average Bonchev–Trinajstić information content (AvgIpc) is 2.96. The van der Waals surface area contributed by atoms with E-state index in [1.807, 2.05) is 24.4 Å². The number of carbonyl (C=O) groups is 1. The van der Waals surface area contributed by atoms with Crippen LogP contribution < -0.4 is 15.0 Å². The molecule has 1 heterocycles. The molecule has 0 radical (unpaired) electrons. The second-order valence-electron chi connectivity index (χ2n) is 5.07. The lowest BCUT2D eigenvalue weighted by Gasteiger charge is -2.15. The van der Waals surface area contributed by atoms with Gasteiger partial charge in [-0.05, 0) is 25.1 Å². The molecular weight excluding hydrogens is 341 g/mol. The molecule has 0 saturated carbocycles. The first-order valence-corrected chi connectivity index (χ1v) is 8.13. The highest BCUT2D eigenvalue weighted by molar-refractivity contribution is 7.13.